The van der Waals surface area contributed by atoms with Crippen LogP contribution in [0.25, 0.3) is 26.2 Å². The molecule has 0 bridgehead atoms. The molecule has 6 rings (SSSR count). The molecule has 0 amide bonds. The maximum atomic E-state index is 4.77. The summed E-state index contributed by atoms with van der Waals surface area (Å²) in [7, 11) is 2.02. The molecule has 4 heterocycles. The van der Waals surface area contributed by atoms with Crippen LogP contribution in [0.15, 0.2) is 73.2 Å². The Bertz CT molecular complexity index is 1380. The van der Waals surface area contributed by atoms with Crippen LogP contribution in [0.5, 0.6) is 0 Å². The Kier molecular flexibility index (Phi) is 2.78. The Balaban J connectivity index is 1.63. The molecule has 130 valence electrons. The van der Waals surface area contributed by atoms with Gasteiger partial charge in [0, 0.05) is 13.2 Å². The minimum atomic E-state index is 0.894. The van der Waals surface area contributed by atoms with E-state index in [1.54, 1.807) is 11.3 Å². The standard InChI is InChI=1S/C21H15N5S/c1-13-24(2)17-8-5-11-22-20(17)25(13)14-9-10-19-18(12-14)26-16-7-4-3-6-15(16)23-21(26)27-19/h3-12H,1H2,2H3. The van der Waals surface area contributed by atoms with Gasteiger partial charge in [0.25, 0.3) is 0 Å². The Hall–Kier alpha value is -3.38. The first-order valence-corrected chi connectivity index (χ1v) is 9.51. The van der Waals surface area contributed by atoms with Crippen LogP contribution in [0.2, 0.25) is 0 Å². The van der Waals surface area contributed by atoms with Gasteiger partial charge in [0.1, 0.15) is 5.82 Å². The highest BCUT2D eigenvalue weighted by atomic mass is 32.1. The van der Waals surface area contributed by atoms with E-state index in [2.05, 4.69) is 68.2 Å². The lowest BCUT2D eigenvalue weighted by molar-refractivity contribution is 1.09. The summed E-state index contributed by atoms with van der Waals surface area (Å²) in [5, 5.41) is 0. The van der Waals surface area contributed by atoms with E-state index in [-0.39, 0.29) is 0 Å². The molecule has 2 aromatic carbocycles. The Morgan fingerprint density at radius 3 is 2.81 bits per heavy atom. The van der Waals surface area contributed by atoms with Gasteiger partial charge >= 0.3 is 0 Å². The van der Waals surface area contributed by atoms with E-state index in [4.69, 9.17) is 4.98 Å². The van der Waals surface area contributed by atoms with E-state index in [0.29, 0.717) is 0 Å². The number of imidazole rings is 1. The molecule has 0 radical (unpaired) electrons. The summed E-state index contributed by atoms with van der Waals surface area (Å²) < 4.78 is 3.45. The molecule has 5 aromatic rings. The third kappa shape index (κ3) is 1.88. The molecular weight excluding hydrogens is 354 g/mol. The van der Waals surface area contributed by atoms with Gasteiger partial charge in [-0.3, -0.25) is 9.30 Å². The summed E-state index contributed by atoms with van der Waals surface area (Å²) in [6.07, 6.45) is 1.82. The molecule has 0 fully saturated rings. The molecule has 0 unspecified atom stereocenters. The van der Waals surface area contributed by atoms with Crippen LogP contribution in [-0.2, 0) is 0 Å². The normalized spacial score (nSPS) is 14.0. The lowest BCUT2D eigenvalue weighted by Crippen LogP contribution is -2.20. The smallest absolute Gasteiger partial charge is 0.195 e. The van der Waals surface area contributed by atoms with Crippen LogP contribution >= 0.6 is 11.3 Å². The minimum Gasteiger partial charge on any atom is -0.328 e. The van der Waals surface area contributed by atoms with Crippen LogP contribution in [0.1, 0.15) is 0 Å². The fraction of sp³-hybridized carbons (Fsp3) is 0.0476. The van der Waals surface area contributed by atoms with Crippen LogP contribution in [-0.4, -0.2) is 21.4 Å². The van der Waals surface area contributed by atoms with E-state index in [1.165, 1.54) is 4.70 Å². The maximum Gasteiger partial charge on any atom is 0.195 e. The number of anilines is 3. The second-order valence-corrected chi connectivity index (χ2v) is 7.64. The first kappa shape index (κ1) is 14.8. The molecule has 3 aromatic heterocycles. The van der Waals surface area contributed by atoms with Crippen molar-refractivity contribution in [3.63, 3.8) is 0 Å². The summed E-state index contributed by atoms with van der Waals surface area (Å²) in [6.45, 7) is 4.27. The highest BCUT2D eigenvalue weighted by Gasteiger charge is 2.30. The van der Waals surface area contributed by atoms with E-state index in [0.717, 1.165) is 44.5 Å². The summed E-state index contributed by atoms with van der Waals surface area (Å²) >= 11 is 1.71. The number of para-hydroxylation sites is 2. The van der Waals surface area contributed by atoms with Crippen molar-refractivity contribution in [2.24, 2.45) is 0 Å². The van der Waals surface area contributed by atoms with Crippen molar-refractivity contribution in [1.29, 1.82) is 0 Å². The van der Waals surface area contributed by atoms with Crippen molar-refractivity contribution in [1.82, 2.24) is 14.4 Å². The third-order valence-corrected chi connectivity index (χ3v) is 6.18. The molecule has 0 spiro atoms. The number of hydrogen-bond donors (Lipinski definition) is 0. The van der Waals surface area contributed by atoms with Crippen molar-refractivity contribution in [2.75, 3.05) is 16.8 Å². The van der Waals surface area contributed by atoms with Gasteiger partial charge in [-0.05, 0) is 42.5 Å². The zero-order valence-corrected chi connectivity index (χ0v) is 15.4. The Morgan fingerprint density at radius 1 is 1.00 bits per heavy atom. The maximum absolute atomic E-state index is 4.77. The minimum absolute atomic E-state index is 0.894. The van der Waals surface area contributed by atoms with Crippen molar-refractivity contribution in [2.45, 2.75) is 0 Å². The summed E-state index contributed by atoms with van der Waals surface area (Å²) in [5.74, 6) is 1.80. The molecular formula is C21H15N5S. The third-order valence-electron chi connectivity index (χ3n) is 5.16. The summed E-state index contributed by atoms with van der Waals surface area (Å²) in [5.41, 5.74) is 5.42. The number of rotatable bonds is 1. The van der Waals surface area contributed by atoms with Gasteiger partial charge in [0.05, 0.1) is 32.6 Å². The average molecular weight is 369 g/mol. The predicted molar refractivity (Wildman–Crippen MR) is 112 cm³/mol. The fourth-order valence-corrected chi connectivity index (χ4v) is 4.83. The van der Waals surface area contributed by atoms with Crippen molar-refractivity contribution in [3.05, 3.63) is 73.2 Å². The van der Waals surface area contributed by atoms with Gasteiger partial charge < -0.3 is 4.90 Å². The first-order chi connectivity index (χ1) is 13.2. The molecule has 0 saturated heterocycles. The number of thiazole rings is 1. The van der Waals surface area contributed by atoms with Gasteiger partial charge in [-0.2, -0.15) is 0 Å². The predicted octanol–water partition coefficient (Wildman–Crippen LogP) is 5.16. The van der Waals surface area contributed by atoms with Gasteiger partial charge in [-0.1, -0.05) is 30.0 Å². The quantitative estimate of drug-likeness (QED) is 0.409. The fourth-order valence-electron chi connectivity index (χ4n) is 3.81. The van der Waals surface area contributed by atoms with Gasteiger partial charge in [-0.25, -0.2) is 9.97 Å². The lowest BCUT2D eigenvalue weighted by atomic mass is 10.2. The van der Waals surface area contributed by atoms with Crippen LogP contribution in [0.3, 0.4) is 0 Å². The molecule has 6 heteroatoms. The average Bonchev–Trinajstić information content (AvgIpc) is 3.30. The largest absolute Gasteiger partial charge is 0.328 e. The van der Waals surface area contributed by atoms with Crippen LogP contribution < -0.4 is 9.80 Å². The Morgan fingerprint density at radius 2 is 1.89 bits per heavy atom. The zero-order valence-electron chi connectivity index (χ0n) is 14.6. The molecule has 0 N–H and O–H groups in total. The SMILES string of the molecule is C=C1N(C)c2cccnc2N1c1ccc2sc3nc4ccccc4n3c2c1. The zero-order chi connectivity index (χ0) is 18.1. The number of pyridine rings is 1. The highest BCUT2D eigenvalue weighted by Crippen LogP contribution is 2.44. The molecule has 5 nitrogen and oxygen atoms in total. The monoisotopic (exact) mass is 369 g/mol. The first-order valence-electron chi connectivity index (χ1n) is 8.70. The highest BCUT2D eigenvalue weighted by molar-refractivity contribution is 7.23. The van der Waals surface area contributed by atoms with E-state index in [9.17, 15) is 0 Å². The molecule has 1 aliphatic heterocycles. The topological polar surface area (TPSA) is 36.7 Å². The van der Waals surface area contributed by atoms with Crippen LogP contribution in [0.4, 0.5) is 17.2 Å². The summed E-state index contributed by atoms with van der Waals surface area (Å²) in [4.78, 5) is 14.6. The number of fused-ring (bicyclic) bond motifs is 6. The molecule has 0 atom stereocenters. The lowest BCUT2D eigenvalue weighted by Gasteiger charge is -2.21. The second-order valence-electron chi connectivity index (χ2n) is 6.63. The van der Waals surface area contributed by atoms with E-state index >= 15 is 0 Å². The number of hydrogen-bond acceptors (Lipinski definition) is 5. The summed E-state index contributed by atoms with van der Waals surface area (Å²) in [6, 6.07) is 18.8. The van der Waals surface area contributed by atoms with Crippen molar-refractivity contribution >= 4 is 54.7 Å². The number of benzene rings is 2. The van der Waals surface area contributed by atoms with Crippen LogP contribution in [0, 0.1) is 0 Å². The van der Waals surface area contributed by atoms with Gasteiger partial charge in [-0.15, -0.1) is 0 Å². The molecule has 0 saturated carbocycles. The number of aromatic nitrogens is 3. The molecule has 0 aliphatic carbocycles. The number of nitrogens with zero attached hydrogens (tertiary/aromatic N) is 5. The molecule has 27 heavy (non-hydrogen) atoms. The second kappa shape index (κ2) is 5.08. The van der Waals surface area contributed by atoms with Crippen molar-refractivity contribution in [3.8, 4) is 0 Å². The van der Waals surface area contributed by atoms with E-state index < -0.39 is 0 Å². The Labute approximate surface area is 159 Å². The van der Waals surface area contributed by atoms with Crippen molar-refractivity contribution < 1.29 is 0 Å². The van der Waals surface area contributed by atoms with E-state index in [1.807, 2.05) is 25.4 Å². The van der Waals surface area contributed by atoms with Gasteiger partial charge in [0.2, 0.25) is 0 Å². The van der Waals surface area contributed by atoms with Gasteiger partial charge in [0.15, 0.2) is 10.8 Å². The molecule has 1 aliphatic rings.